The first-order chi connectivity index (χ1) is 7.64. The molecule has 3 N–H and O–H groups in total. The SMILES string of the molecule is Cc1ccccc1.N#CO.N=C=O.N=C=O. The summed E-state index contributed by atoms with van der Waals surface area (Å²) in [6.45, 7) is 2.08. The highest BCUT2D eigenvalue weighted by molar-refractivity contribution is 5.26. The third kappa shape index (κ3) is 42.8. The van der Waals surface area contributed by atoms with Gasteiger partial charge in [-0.3, -0.25) is 0 Å². The van der Waals surface area contributed by atoms with Crippen molar-refractivity contribution in [1.82, 2.24) is 0 Å². The van der Waals surface area contributed by atoms with Crippen molar-refractivity contribution in [3.63, 3.8) is 0 Å². The van der Waals surface area contributed by atoms with Gasteiger partial charge < -0.3 is 5.11 Å². The Hall–Kier alpha value is -2.73. The van der Waals surface area contributed by atoms with Crippen LogP contribution in [0.1, 0.15) is 5.56 Å². The van der Waals surface area contributed by atoms with E-state index in [2.05, 4.69) is 19.1 Å². The summed E-state index contributed by atoms with van der Waals surface area (Å²) < 4.78 is 0. The molecule has 0 aliphatic heterocycles. The van der Waals surface area contributed by atoms with Crippen LogP contribution in [0.25, 0.3) is 0 Å². The summed E-state index contributed by atoms with van der Waals surface area (Å²) in [6.07, 6.45) is 2.25. The Bertz CT molecular complexity index is 333. The maximum absolute atomic E-state index is 8.35. The van der Waals surface area contributed by atoms with E-state index in [4.69, 9.17) is 30.8 Å². The lowest BCUT2D eigenvalue weighted by molar-refractivity contribution is 0.503. The van der Waals surface area contributed by atoms with Gasteiger partial charge in [-0.15, -0.1) is 0 Å². The number of isocyanates is 2. The maximum atomic E-state index is 8.35. The Morgan fingerprint density at radius 2 is 1.38 bits per heavy atom. The quantitative estimate of drug-likeness (QED) is 0.349. The van der Waals surface area contributed by atoms with Gasteiger partial charge in [-0.2, -0.15) is 5.26 Å². The summed E-state index contributed by atoms with van der Waals surface area (Å²) in [7, 11) is 0. The number of rotatable bonds is 0. The second-order valence-corrected chi connectivity index (χ2v) is 1.96. The molecule has 0 spiro atoms. The molecule has 0 heterocycles. The van der Waals surface area contributed by atoms with Gasteiger partial charge in [-0.1, -0.05) is 35.9 Å². The van der Waals surface area contributed by atoms with E-state index in [0.29, 0.717) is 0 Å². The van der Waals surface area contributed by atoms with Crippen LogP contribution >= 0.6 is 0 Å². The molecular weight excluding hydrogens is 210 g/mol. The predicted molar refractivity (Wildman–Crippen MR) is 55.6 cm³/mol. The molecular formula is C10H11N3O3. The molecule has 6 nitrogen and oxygen atoms in total. The molecule has 0 aromatic heterocycles. The van der Waals surface area contributed by atoms with Crippen molar-refractivity contribution in [3.05, 3.63) is 35.9 Å². The number of nitrogens with zero attached hydrogens (tertiary/aromatic N) is 1. The Kier molecular flexibility index (Phi) is 27.0. The van der Waals surface area contributed by atoms with Gasteiger partial charge in [0.25, 0.3) is 6.26 Å². The molecule has 0 saturated carbocycles. The molecule has 0 saturated heterocycles. The summed E-state index contributed by atoms with van der Waals surface area (Å²) in [6, 6.07) is 10.3. The fourth-order valence-corrected chi connectivity index (χ4v) is 0.534. The molecule has 0 bridgehead atoms. The molecule has 0 amide bonds. The Morgan fingerprint density at radius 3 is 1.50 bits per heavy atom. The van der Waals surface area contributed by atoms with Crippen LogP contribution < -0.4 is 0 Å². The van der Waals surface area contributed by atoms with E-state index >= 15 is 0 Å². The van der Waals surface area contributed by atoms with Crippen molar-refractivity contribution < 1.29 is 14.7 Å². The van der Waals surface area contributed by atoms with Crippen LogP contribution in [-0.4, -0.2) is 17.3 Å². The highest BCUT2D eigenvalue weighted by Crippen LogP contribution is 1.92. The second kappa shape index (κ2) is 22.8. The van der Waals surface area contributed by atoms with Gasteiger partial charge >= 0.3 is 0 Å². The van der Waals surface area contributed by atoms with Crippen molar-refractivity contribution in [2.24, 2.45) is 0 Å². The van der Waals surface area contributed by atoms with Crippen molar-refractivity contribution in [3.8, 4) is 6.26 Å². The molecule has 16 heavy (non-hydrogen) atoms. The summed E-state index contributed by atoms with van der Waals surface area (Å²) in [5.74, 6) is 0. The molecule has 0 radical (unpaired) electrons. The monoisotopic (exact) mass is 221 g/mol. The van der Waals surface area contributed by atoms with Gasteiger partial charge in [0.15, 0.2) is 0 Å². The topological polar surface area (TPSA) is 126 Å². The summed E-state index contributed by atoms with van der Waals surface area (Å²) in [4.78, 5) is 16.7. The molecule has 0 aliphatic rings. The lowest BCUT2D eigenvalue weighted by Crippen LogP contribution is -1.62. The fraction of sp³-hybridized carbons (Fsp3) is 0.100. The van der Waals surface area contributed by atoms with Gasteiger partial charge in [-0.25, -0.2) is 20.4 Å². The van der Waals surface area contributed by atoms with Gasteiger partial charge in [0, 0.05) is 0 Å². The lowest BCUT2D eigenvalue weighted by atomic mass is 10.2. The molecule has 0 fully saturated rings. The van der Waals surface area contributed by atoms with E-state index in [1.807, 2.05) is 18.2 Å². The van der Waals surface area contributed by atoms with E-state index in [1.54, 1.807) is 0 Å². The average Bonchev–Trinajstić information content (AvgIpc) is 2.22. The van der Waals surface area contributed by atoms with Gasteiger partial charge in [0.05, 0.1) is 0 Å². The summed E-state index contributed by atoms with van der Waals surface area (Å²) in [5, 5.41) is 24.6. The Balaban J connectivity index is -0.000000161. The van der Waals surface area contributed by atoms with E-state index in [9.17, 15) is 0 Å². The fourth-order valence-electron chi connectivity index (χ4n) is 0.534. The van der Waals surface area contributed by atoms with E-state index in [-0.39, 0.29) is 0 Å². The van der Waals surface area contributed by atoms with E-state index in [0.717, 1.165) is 18.4 Å². The first-order valence-corrected chi connectivity index (χ1v) is 3.77. The van der Waals surface area contributed by atoms with Crippen molar-refractivity contribution in [2.45, 2.75) is 6.92 Å². The van der Waals surface area contributed by atoms with Gasteiger partial charge in [-0.05, 0) is 6.92 Å². The summed E-state index contributed by atoms with van der Waals surface area (Å²) in [5.41, 5.74) is 1.32. The van der Waals surface area contributed by atoms with E-state index < -0.39 is 0 Å². The van der Waals surface area contributed by atoms with Gasteiger partial charge in [0.1, 0.15) is 0 Å². The van der Waals surface area contributed by atoms with Crippen LogP contribution in [0.4, 0.5) is 0 Å². The first-order valence-electron chi connectivity index (χ1n) is 3.77. The normalized spacial score (nSPS) is 5.25. The number of nitrogens with one attached hydrogen (secondary N) is 2. The number of aliphatic hydroxyl groups is 1. The molecule has 1 aromatic rings. The largest absolute Gasteiger partial charge is 0.443 e. The minimum absolute atomic E-state index is 0.750. The molecule has 0 unspecified atom stereocenters. The molecule has 84 valence electrons. The smallest absolute Gasteiger partial charge is 0.283 e. The zero-order valence-electron chi connectivity index (χ0n) is 8.60. The Morgan fingerprint density at radius 1 is 1.12 bits per heavy atom. The Labute approximate surface area is 92.8 Å². The third-order valence-corrected chi connectivity index (χ3v) is 0.940. The van der Waals surface area contributed by atoms with E-state index in [1.165, 1.54) is 5.56 Å². The minimum atomic E-state index is 0.750. The number of hydrogen-bond acceptors (Lipinski definition) is 6. The number of benzene rings is 1. The van der Waals surface area contributed by atoms with Crippen molar-refractivity contribution in [1.29, 1.82) is 16.1 Å². The van der Waals surface area contributed by atoms with Crippen LogP contribution in [0.3, 0.4) is 0 Å². The lowest BCUT2D eigenvalue weighted by Gasteiger charge is -1.82. The third-order valence-electron chi connectivity index (χ3n) is 0.940. The highest BCUT2D eigenvalue weighted by atomic mass is 16.2. The van der Waals surface area contributed by atoms with Crippen molar-refractivity contribution >= 4 is 12.2 Å². The van der Waals surface area contributed by atoms with Crippen LogP contribution in [0.15, 0.2) is 30.3 Å². The zero-order chi connectivity index (χ0) is 13.2. The minimum Gasteiger partial charge on any atom is -0.443 e. The molecule has 1 rings (SSSR count). The first kappa shape index (κ1) is 18.9. The molecule has 0 aliphatic carbocycles. The summed E-state index contributed by atoms with van der Waals surface area (Å²) >= 11 is 0. The molecule has 0 atom stereocenters. The van der Waals surface area contributed by atoms with Crippen LogP contribution in [0.2, 0.25) is 0 Å². The highest BCUT2D eigenvalue weighted by Gasteiger charge is 1.72. The number of carbonyl (C=O) groups excluding carboxylic acids is 2. The maximum Gasteiger partial charge on any atom is 0.283 e. The van der Waals surface area contributed by atoms with Crippen LogP contribution in [0.5, 0.6) is 0 Å². The predicted octanol–water partition coefficient (Wildman–Crippen LogP) is 1.64. The van der Waals surface area contributed by atoms with Crippen LogP contribution in [0, 0.1) is 29.3 Å². The van der Waals surface area contributed by atoms with Crippen molar-refractivity contribution in [2.75, 3.05) is 0 Å². The number of hydrogen-bond donors (Lipinski definition) is 3. The average molecular weight is 221 g/mol. The number of nitriles is 1. The standard InChI is InChI=1S/C7H8.3CHNO/c1-7-5-3-2-4-6-7;3*2-1-3/h2-6H,1H3;3H;2*2H. The number of aryl methyl sites for hydroxylation is 1. The number of aliphatic hydroxyl groups excluding tert-OH is 1. The van der Waals surface area contributed by atoms with Gasteiger partial charge in [0.2, 0.25) is 12.2 Å². The van der Waals surface area contributed by atoms with Crippen LogP contribution in [-0.2, 0) is 9.59 Å². The molecule has 6 heteroatoms. The molecule has 1 aromatic carbocycles. The second-order valence-electron chi connectivity index (χ2n) is 1.96. The zero-order valence-corrected chi connectivity index (χ0v) is 8.60.